The number of nitrogens with one attached hydrogen (secondary N) is 3. The van der Waals surface area contributed by atoms with Crippen LogP contribution in [0, 0.1) is 0 Å². The van der Waals surface area contributed by atoms with Crippen LogP contribution in [-0.4, -0.2) is 36.9 Å². The van der Waals surface area contributed by atoms with Gasteiger partial charge in [-0.15, -0.1) is 0 Å². The predicted molar refractivity (Wildman–Crippen MR) is 104 cm³/mol. The highest BCUT2D eigenvalue weighted by Crippen LogP contribution is 2.24. The first-order chi connectivity index (χ1) is 11.6. The SMILES string of the molecule is COC[C@@H](C)NC(=S)NNC(=O)[C@@H](C)Oc1ccc(C(C)(C)C)cc1. The number of amides is 1. The summed E-state index contributed by atoms with van der Waals surface area (Å²) in [5.41, 5.74) is 6.47. The molecule has 0 unspecified atom stereocenters. The van der Waals surface area contributed by atoms with E-state index in [1.54, 1.807) is 14.0 Å². The van der Waals surface area contributed by atoms with Crippen molar-refractivity contribution in [1.29, 1.82) is 0 Å². The number of hydrogen-bond donors (Lipinski definition) is 3. The molecule has 140 valence electrons. The number of hydrogen-bond acceptors (Lipinski definition) is 4. The molecule has 1 rings (SSSR count). The molecule has 0 saturated heterocycles. The minimum atomic E-state index is -0.660. The second-order valence-corrected chi connectivity index (χ2v) is 7.39. The average molecular weight is 368 g/mol. The van der Waals surface area contributed by atoms with Crippen molar-refractivity contribution < 1.29 is 14.3 Å². The molecule has 2 atom stereocenters. The number of methoxy groups -OCH3 is 1. The Kier molecular flexibility index (Phi) is 8.12. The Labute approximate surface area is 155 Å². The van der Waals surface area contributed by atoms with Crippen LogP contribution in [0.15, 0.2) is 24.3 Å². The molecule has 0 bridgehead atoms. The van der Waals surface area contributed by atoms with Crippen molar-refractivity contribution in [3.8, 4) is 5.75 Å². The molecule has 0 radical (unpaired) electrons. The maximum atomic E-state index is 12.1. The number of ether oxygens (including phenoxy) is 2. The molecular formula is C18H29N3O3S. The zero-order chi connectivity index (χ0) is 19.0. The minimum Gasteiger partial charge on any atom is -0.481 e. The fraction of sp³-hybridized carbons (Fsp3) is 0.556. The van der Waals surface area contributed by atoms with Gasteiger partial charge in [0.05, 0.1) is 6.61 Å². The molecule has 0 spiro atoms. The Morgan fingerprint density at radius 1 is 1.16 bits per heavy atom. The quantitative estimate of drug-likeness (QED) is 0.529. The number of hydrazine groups is 1. The van der Waals surface area contributed by atoms with E-state index in [0.29, 0.717) is 17.5 Å². The Morgan fingerprint density at radius 3 is 2.28 bits per heavy atom. The molecule has 0 aliphatic heterocycles. The Hall–Kier alpha value is -1.86. The van der Waals surface area contributed by atoms with Gasteiger partial charge in [0.25, 0.3) is 5.91 Å². The van der Waals surface area contributed by atoms with E-state index >= 15 is 0 Å². The van der Waals surface area contributed by atoms with Crippen molar-refractivity contribution in [1.82, 2.24) is 16.2 Å². The van der Waals surface area contributed by atoms with E-state index in [-0.39, 0.29) is 17.4 Å². The minimum absolute atomic E-state index is 0.0388. The second kappa shape index (κ2) is 9.58. The van der Waals surface area contributed by atoms with Crippen LogP contribution in [0.25, 0.3) is 0 Å². The van der Waals surface area contributed by atoms with Crippen LogP contribution in [0.3, 0.4) is 0 Å². The maximum Gasteiger partial charge on any atom is 0.279 e. The van der Waals surface area contributed by atoms with E-state index in [1.165, 1.54) is 5.56 Å². The Balaban J connectivity index is 2.45. The summed E-state index contributed by atoms with van der Waals surface area (Å²) in [4.78, 5) is 12.1. The van der Waals surface area contributed by atoms with Gasteiger partial charge in [-0.1, -0.05) is 32.9 Å². The third kappa shape index (κ3) is 7.70. The van der Waals surface area contributed by atoms with Crippen molar-refractivity contribution in [2.75, 3.05) is 13.7 Å². The van der Waals surface area contributed by atoms with Crippen molar-refractivity contribution in [3.05, 3.63) is 29.8 Å². The standard InChI is InChI=1S/C18H29N3O3S/c1-12(11-23-6)19-17(25)21-20-16(22)13(2)24-15-9-7-14(8-10-15)18(3,4)5/h7-10,12-13H,11H2,1-6H3,(H,20,22)(H2,19,21,25)/t12-,13-/m1/s1. The van der Waals surface area contributed by atoms with Gasteiger partial charge >= 0.3 is 0 Å². The number of carbonyl (C=O) groups is 1. The van der Waals surface area contributed by atoms with Gasteiger partial charge in [-0.3, -0.25) is 15.6 Å². The summed E-state index contributed by atoms with van der Waals surface area (Å²) in [6.07, 6.45) is -0.660. The lowest BCUT2D eigenvalue weighted by molar-refractivity contribution is -0.127. The molecule has 0 aliphatic carbocycles. The van der Waals surface area contributed by atoms with Crippen LogP contribution in [0.4, 0.5) is 0 Å². The highest BCUT2D eigenvalue weighted by atomic mass is 32.1. The van der Waals surface area contributed by atoms with E-state index in [4.69, 9.17) is 21.7 Å². The largest absolute Gasteiger partial charge is 0.481 e. The van der Waals surface area contributed by atoms with E-state index in [1.807, 2.05) is 31.2 Å². The van der Waals surface area contributed by atoms with Crippen LogP contribution >= 0.6 is 12.2 Å². The molecule has 0 heterocycles. The molecule has 0 aromatic heterocycles. The monoisotopic (exact) mass is 367 g/mol. The van der Waals surface area contributed by atoms with Crippen molar-refractivity contribution >= 4 is 23.2 Å². The summed E-state index contributed by atoms with van der Waals surface area (Å²) < 4.78 is 10.7. The van der Waals surface area contributed by atoms with Gasteiger partial charge in [0.2, 0.25) is 0 Å². The van der Waals surface area contributed by atoms with Gasteiger partial charge in [-0.25, -0.2) is 0 Å². The van der Waals surface area contributed by atoms with Gasteiger partial charge in [0.15, 0.2) is 11.2 Å². The van der Waals surface area contributed by atoms with Crippen LogP contribution in [0.2, 0.25) is 0 Å². The van der Waals surface area contributed by atoms with E-state index in [9.17, 15) is 4.79 Å². The molecule has 25 heavy (non-hydrogen) atoms. The van der Waals surface area contributed by atoms with E-state index in [2.05, 4.69) is 36.9 Å². The van der Waals surface area contributed by atoms with Crippen LogP contribution < -0.4 is 20.9 Å². The van der Waals surface area contributed by atoms with Crippen molar-refractivity contribution in [2.24, 2.45) is 0 Å². The van der Waals surface area contributed by atoms with Gasteiger partial charge < -0.3 is 14.8 Å². The summed E-state index contributed by atoms with van der Waals surface area (Å²) in [5.74, 6) is 0.327. The zero-order valence-electron chi connectivity index (χ0n) is 15.8. The zero-order valence-corrected chi connectivity index (χ0v) is 16.6. The lowest BCUT2D eigenvalue weighted by atomic mass is 9.87. The molecule has 0 saturated carbocycles. The highest BCUT2D eigenvalue weighted by molar-refractivity contribution is 7.80. The number of thiocarbonyl (C=S) groups is 1. The average Bonchev–Trinajstić information content (AvgIpc) is 2.52. The summed E-state index contributed by atoms with van der Waals surface area (Å²) >= 11 is 5.09. The second-order valence-electron chi connectivity index (χ2n) is 6.98. The fourth-order valence-electron chi connectivity index (χ4n) is 2.06. The molecule has 0 fully saturated rings. The van der Waals surface area contributed by atoms with Gasteiger partial charge in [0, 0.05) is 13.2 Å². The topological polar surface area (TPSA) is 71.6 Å². The Morgan fingerprint density at radius 2 is 1.76 bits per heavy atom. The van der Waals surface area contributed by atoms with Crippen LogP contribution in [0.5, 0.6) is 5.75 Å². The normalized spacial score (nSPS) is 13.5. The van der Waals surface area contributed by atoms with Gasteiger partial charge in [0.1, 0.15) is 5.75 Å². The molecule has 1 amide bonds. The van der Waals surface area contributed by atoms with Gasteiger partial charge in [-0.05, 0) is 49.2 Å². The number of benzene rings is 1. The first kappa shape index (κ1) is 21.2. The maximum absolute atomic E-state index is 12.1. The molecule has 1 aromatic rings. The van der Waals surface area contributed by atoms with Crippen LogP contribution in [0.1, 0.15) is 40.2 Å². The van der Waals surface area contributed by atoms with E-state index in [0.717, 1.165) is 0 Å². The fourth-order valence-corrected chi connectivity index (χ4v) is 2.31. The lowest BCUT2D eigenvalue weighted by Crippen LogP contribution is -2.52. The van der Waals surface area contributed by atoms with Crippen molar-refractivity contribution in [3.63, 3.8) is 0 Å². The first-order valence-electron chi connectivity index (χ1n) is 8.26. The van der Waals surface area contributed by atoms with E-state index < -0.39 is 6.10 Å². The van der Waals surface area contributed by atoms with Crippen molar-refractivity contribution in [2.45, 2.75) is 52.2 Å². The smallest absolute Gasteiger partial charge is 0.279 e. The lowest BCUT2D eigenvalue weighted by Gasteiger charge is -2.20. The summed E-state index contributed by atoms with van der Waals surface area (Å²) in [7, 11) is 1.61. The molecule has 6 nitrogen and oxygen atoms in total. The predicted octanol–water partition coefficient (Wildman–Crippen LogP) is 2.28. The molecule has 0 aliphatic rings. The number of carbonyl (C=O) groups excluding carboxylic acids is 1. The third-order valence-corrected chi connectivity index (χ3v) is 3.72. The van der Waals surface area contributed by atoms with Crippen LogP contribution in [-0.2, 0) is 14.9 Å². The Bertz CT molecular complexity index is 570. The first-order valence-corrected chi connectivity index (χ1v) is 8.66. The highest BCUT2D eigenvalue weighted by Gasteiger charge is 2.17. The summed E-state index contributed by atoms with van der Waals surface area (Å²) in [5, 5.41) is 3.30. The van der Waals surface area contributed by atoms with Gasteiger partial charge in [-0.2, -0.15) is 0 Å². The molecular weight excluding hydrogens is 338 g/mol. The summed E-state index contributed by atoms with van der Waals surface area (Å²) in [6, 6.07) is 7.80. The third-order valence-electron chi connectivity index (χ3n) is 3.50. The molecule has 3 N–H and O–H groups in total. The number of rotatable bonds is 6. The molecule has 1 aromatic carbocycles. The summed E-state index contributed by atoms with van der Waals surface area (Å²) in [6.45, 7) is 10.6. The molecule has 7 heteroatoms.